The molecule has 1 aromatic rings. The molecular weight excluding hydrogens is 228 g/mol. The van der Waals surface area contributed by atoms with Gasteiger partial charge in [-0.1, -0.05) is 50.6 Å². The van der Waals surface area contributed by atoms with E-state index in [1.165, 1.54) is 0 Å². The summed E-state index contributed by atoms with van der Waals surface area (Å²) in [7, 11) is 0. The van der Waals surface area contributed by atoms with Crippen molar-refractivity contribution in [1.29, 1.82) is 0 Å². The SMILES string of the molecule is CCCC(C(=O)O)C(O)(CC)Cc1ccccc1. The summed E-state index contributed by atoms with van der Waals surface area (Å²) in [6.07, 6.45) is 2.10. The predicted molar refractivity (Wildman–Crippen MR) is 71.4 cm³/mol. The van der Waals surface area contributed by atoms with Crippen LogP contribution < -0.4 is 0 Å². The van der Waals surface area contributed by atoms with Crippen molar-refractivity contribution in [1.82, 2.24) is 0 Å². The van der Waals surface area contributed by atoms with E-state index in [0.29, 0.717) is 19.3 Å². The summed E-state index contributed by atoms with van der Waals surface area (Å²) < 4.78 is 0. The van der Waals surface area contributed by atoms with Gasteiger partial charge in [0.1, 0.15) is 0 Å². The van der Waals surface area contributed by atoms with E-state index in [-0.39, 0.29) is 0 Å². The number of hydrogen-bond donors (Lipinski definition) is 2. The molecule has 3 nitrogen and oxygen atoms in total. The van der Waals surface area contributed by atoms with Crippen LogP contribution in [0, 0.1) is 5.92 Å². The van der Waals surface area contributed by atoms with Crippen LogP contribution in [0.25, 0.3) is 0 Å². The van der Waals surface area contributed by atoms with Crippen molar-refractivity contribution < 1.29 is 15.0 Å². The third kappa shape index (κ3) is 3.57. The minimum atomic E-state index is -1.16. The van der Waals surface area contributed by atoms with Gasteiger partial charge >= 0.3 is 5.97 Å². The molecule has 0 amide bonds. The van der Waals surface area contributed by atoms with Crippen LogP contribution in [0.15, 0.2) is 30.3 Å². The van der Waals surface area contributed by atoms with Gasteiger partial charge in [-0.25, -0.2) is 0 Å². The van der Waals surface area contributed by atoms with Crippen LogP contribution in [-0.4, -0.2) is 21.8 Å². The molecule has 0 heterocycles. The molecule has 0 spiro atoms. The molecule has 0 aliphatic rings. The molecule has 0 bridgehead atoms. The Hall–Kier alpha value is -1.35. The lowest BCUT2D eigenvalue weighted by Gasteiger charge is -2.33. The number of aliphatic hydroxyl groups is 1. The zero-order chi connectivity index (χ0) is 13.6. The molecule has 2 atom stereocenters. The number of rotatable bonds is 7. The normalized spacial score (nSPS) is 15.9. The number of hydrogen-bond acceptors (Lipinski definition) is 2. The highest BCUT2D eigenvalue weighted by molar-refractivity contribution is 5.71. The second-order valence-corrected chi connectivity index (χ2v) is 4.80. The molecule has 0 radical (unpaired) electrons. The van der Waals surface area contributed by atoms with Crippen molar-refractivity contribution in [2.45, 2.75) is 45.1 Å². The zero-order valence-electron chi connectivity index (χ0n) is 11.1. The number of benzene rings is 1. The molecule has 1 rings (SSSR count). The monoisotopic (exact) mass is 250 g/mol. The highest BCUT2D eigenvalue weighted by Crippen LogP contribution is 2.30. The average molecular weight is 250 g/mol. The Morgan fingerprint density at radius 2 is 1.89 bits per heavy atom. The summed E-state index contributed by atoms with van der Waals surface area (Å²) in [4.78, 5) is 11.3. The summed E-state index contributed by atoms with van der Waals surface area (Å²) in [5, 5.41) is 19.9. The van der Waals surface area contributed by atoms with E-state index in [0.717, 1.165) is 12.0 Å². The first-order chi connectivity index (χ1) is 8.53. The maximum absolute atomic E-state index is 11.3. The van der Waals surface area contributed by atoms with Crippen LogP contribution >= 0.6 is 0 Å². The van der Waals surface area contributed by atoms with E-state index >= 15 is 0 Å². The molecule has 0 aliphatic carbocycles. The molecule has 2 N–H and O–H groups in total. The molecule has 0 aliphatic heterocycles. The second-order valence-electron chi connectivity index (χ2n) is 4.80. The lowest BCUT2D eigenvalue weighted by atomic mass is 9.78. The largest absolute Gasteiger partial charge is 0.481 e. The maximum Gasteiger partial charge on any atom is 0.309 e. The standard InChI is InChI=1S/C15H22O3/c1-3-8-13(14(16)17)15(18,4-2)11-12-9-6-5-7-10-12/h5-7,9-10,13,18H,3-4,8,11H2,1-2H3,(H,16,17). The van der Waals surface area contributed by atoms with Gasteiger partial charge in [-0.05, 0) is 18.4 Å². The Morgan fingerprint density at radius 3 is 2.33 bits per heavy atom. The van der Waals surface area contributed by atoms with Crippen molar-refractivity contribution in [2.24, 2.45) is 5.92 Å². The highest BCUT2D eigenvalue weighted by Gasteiger charge is 2.39. The topological polar surface area (TPSA) is 57.5 Å². The Balaban J connectivity index is 2.92. The molecule has 3 heteroatoms. The van der Waals surface area contributed by atoms with E-state index in [2.05, 4.69) is 0 Å². The quantitative estimate of drug-likeness (QED) is 0.782. The molecule has 100 valence electrons. The Labute approximate surface area is 108 Å². The summed E-state index contributed by atoms with van der Waals surface area (Å²) in [6, 6.07) is 9.56. The minimum absolute atomic E-state index is 0.390. The second kappa shape index (κ2) is 6.55. The van der Waals surface area contributed by atoms with Gasteiger partial charge in [-0.2, -0.15) is 0 Å². The van der Waals surface area contributed by atoms with Gasteiger partial charge in [-0.3, -0.25) is 4.79 Å². The smallest absolute Gasteiger partial charge is 0.309 e. The fourth-order valence-corrected chi connectivity index (χ4v) is 2.35. The van der Waals surface area contributed by atoms with Crippen molar-refractivity contribution in [3.8, 4) is 0 Å². The van der Waals surface area contributed by atoms with Gasteiger partial charge in [0.25, 0.3) is 0 Å². The molecule has 1 aromatic carbocycles. The molecule has 0 fully saturated rings. The third-order valence-electron chi connectivity index (χ3n) is 3.49. The van der Waals surface area contributed by atoms with Crippen LogP contribution in [0.4, 0.5) is 0 Å². The summed E-state index contributed by atoms with van der Waals surface area (Å²) in [6.45, 7) is 3.78. The lowest BCUT2D eigenvalue weighted by molar-refractivity contribution is -0.153. The number of carboxylic acids is 1. The van der Waals surface area contributed by atoms with Gasteiger partial charge in [0.2, 0.25) is 0 Å². The molecule has 18 heavy (non-hydrogen) atoms. The predicted octanol–water partition coefficient (Wildman–Crippen LogP) is 2.87. The Kier molecular flexibility index (Phi) is 5.35. The fourth-order valence-electron chi connectivity index (χ4n) is 2.35. The van der Waals surface area contributed by atoms with E-state index in [1.807, 2.05) is 44.2 Å². The van der Waals surface area contributed by atoms with Crippen molar-refractivity contribution >= 4 is 5.97 Å². The first kappa shape index (κ1) is 14.7. The molecular formula is C15H22O3. The lowest BCUT2D eigenvalue weighted by Crippen LogP contribution is -2.43. The van der Waals surface area contributed by atoms with E-state index in [9.17, 15) is 15.0 Å². The molecule has 0 saturated heterocycles. The van der Waals surface area contributed by atoms with Gasteiger partial charge in [0, 0.05) is 6.42 Å². The Bertz CT molecular complexity index is 375. The minimum Gasteiger partial charge on any atom is -0.481 e. The average Bonchev–Trinajstić information content (AvgIpc) is 2.36. The van der Waals surface area contributed by atoms with Crippen LogP contribution in [-0.2, 0) is 11.2 Å². The van der Waals surface area contributed by atoms with E-state index in [1.54, 1.807) is 0 Å². The van der Waals surface area contributed by atoms with Crippen LogP contribution in [0.5, 0.6) is 0 Å². The highest BCUT2D eigenvalue weighted by atomic mass is 16.4. The number of carboxylic acid groups (broad SMARTS) is 1. The van der Waals surface area contributed by atoms with Crippen molar-refractivity contribution in [3.63, 3.8) is 0 Å². The van der Waals surface area contributed by atoms with Crippen LogP contribution in [0.1, 0.15) is 38.7 Å². The Morgan fingerprint density at radius 1 is 1.28 bits per heavy atom. The third-order valence-corrected chi connectivity index (χ3v) is 3.49. The summed E-state index contributed by atoms with van der Waals surface area (Å²) >= 11 is 0. The van der Waals surface area contributed by atoms with Gasteiger partial charge < -0.3 is 10.2 Å². The maximum atomic E-state index is 11.3. The fraction of sp³-hybridized carbons (Fsp3) is 0.533. The van der Waals surface area contributed by atoms with Crippen molar-refractivity contribution in [2.75, 3.05) is 0 Å². The first-order valence-electron chi connectivity index (χ1n) is 6.52. The summed E-state index contributed by atoms with van der Waals surface area (Å²) in [5.41, 5.74) is -0.187. The van der Waals surface area contributed by atoms with Gasteiger partial charge in [0.05, 0.1) is 11.5 Å². The molecule has 0 aromatic heterocycles. The molecule has 0 saturated carbocycles. The number of aliphatic carboxylic acids is 1. The van der Waals surface area contributed by atoms with Gasteiger partial charge in [-0.15, -0.1) is 0 Å². The van der Waals surface area contributed by atoms with Gasteiger partial charge in [0.15, 0.2) is 0 Å². The zero-order valence-corrected chi connectivity index (χ0v) is 11.1. The first-order valence-corrected chi connectivity index (χ1v) is 6.52. The number of carbonyl (C=O) groups is 1. The molecule has 2 unspecified atom stereocenters. The van der Waals surface area contributed by atoms with E-state index in [4.69, 9.17) is 0 Å². The van der Waals surface area contributed by atoms with Crippen LogP contribution in [0.2, 0.25) is 0 Å². The van der Waals surface area contributed by atoms with E-state index < -0.39 is 17.5 Å². The summed E-state index contributed by atoms with van der Waals surface area (Å²) in [5.74, 6) is -1.61. The van der Waals surface area contributed by atoms with Crippen molar-refractivity contribution in [3.05, 3.63) is 35.9 Å². The van der Waals surface area contributed by atoms with Crippen LogP contribution in [0.3, 0.4) is 0 Å².